The molecule has 0 unspecified atom stereocenters. The van der Waals surface area contributed by atoms with Crippen LogP contribution in [0.3, 0.4) is 0 Å². The minimum Gasteiger partial charge on any atom is -0.493 e. The normalized spacial score (nSPS) is 8.86. The minimum atomic E-state index is 0.335. The van der Waals surface area contributed by atoms with Crippen molar-refractivity contribution in [2.45, 2.75) is 0 Å². The van der Waals surface area contributed by atoms with Crippen molar-refractivity contribution in [3.63, 3.8) is 0 Å². The Morgan fingerprint density at radius 1 is 1.50 bits per heavy atom. The first kappa shape index (κ1) is 10.2. The number of ether oxygens (including phenoxy) is 1. The number of hydrogen-bond donors (Lipinski definition) is 0. The lowest BCUT2D eigenvalue weighted by molar-refractivity contribution is 0.327. The molecule has 1 aromatic carbocycles. The molecule has 0 spiro atoms. The molecule has 0 bridgehead atoms. The number of para-hydroxylation sites is 1. The molecule has 0 N–H and O–H groups in total. The Morgan fingerprint density at radius 3 is 3.00 bits per heavy atom. The predicted octanol–water partition coefficient (Wildman–Crippen LogP) is 3.02. The van der Waals surface area contributed by atoms with Crippen LogP contribution in [0.25, 0.3) is 16.5 Å². The van der Waals surface area contributed by atoms with Gasteiger partial charge in [0.2, 0.25) is 0 Å². The largest absolute Gasteiger partial charge is 0.493 e. The van der Waals surface area contributed by atoms with Gasteiger partial charge in [-0.05, 0) is 11.6 Å². The molecular weight excluding hydrogens is 178 g/mol. The Balaban J connectivity index is 2.57. The second kappa shape index (κ2) is 5.67. The van der Waals surface area contributed by atoms with Crippen LogP contribution in [0.1, 0.15) is 5.56 Å². The van der Waals surface area contributed by atoms with Crippen molar-refractivity contribution in [2.24, 2.45) is 5.11 Å². The van der Waals surface area contributed by atoms with E-state index in [0.29, 0.717) is 13.2 Å². The Kier molecular flexibility index (Phi) is 4.11. The summed E-state index contributed by atoms with van der Waals surface area (Å²) in [4.78, 5) is 2.63. The molecule has 72 valence electrons. The quantitative estimate of drug-likeness (QED) is 0.304. The second-order valence-corrected chi connectivity index (χ2v) is 2.54. The zero-order valence-electron chi connectivity index (χ0n) is 7.76. The number of benzene rings is 1. The van der Waals surface area contributed by atoms with E-state index in [1.165, 1.54) is 0 Å². The lowest BCUT2D eigenvalue weighted by Crippen LogP contribution is -2.01. The van der Waals surface area contributed by atoms with E-state index in [1.807, 2.05) is 24.3 Å². The van der Waals surface area contributed by atoms with E-state index < -0.39 is 0 Å². The molecule has 0 aliphatic rings. The molecule has 0 atom stereocenters. The Hall–Kier alpha value is -1.93. The first-order valence-electron chi connectivity index (χ1n) is 4.23. The summed E-state index contributed by atoms with van der Waals surface area (Å²) in [6, 6.07) is 7.57. The van der Waals surface area contributed by atoms with Gasteiger partial charge in [-0.3, -0.25) is 0 Å². The number of azide groups is 1. The van der Waals surface area contributed by atoms with Crippen molar-refractivity contribution in [2.75, 3.05) is 13.2 Å². The zero-order valence-corrected chi connectivity index (χ0v) is 7.76. The second-order valence-electron chi connectivity index (χ2n) is 2.54. The summed E-state index contributed by atoms with van der Waals surface area (Å²) in [7, 11) is 0. The van der Waals surface area contributed by atoms with Gasteiger partial charge in [-0.1, -0.05) is 36.0 Å². The molecule has 0 fully saturated rings. The average molecular weight is 189 g/mol. The van der Waals surface area contributed by atoms with Crippen molar-refractivity contribution in [3.8, 4) is 5.75 Å². The molecule has 0 amide bonds. The highest BCUT2D eigenvalue weighted by Crippen LogP contribution is 2.18. The zero-order chi connectivity index (χ0) is 10.2. The lowest BCUT2D eigenvalue weighted by atomic mass is 10.2. The van der Waals surface area contributed by atoms with Gasteiger partial charge in [0.25, 0.3) is 0 Å². The van der Waals surface area contributed by atoms with Crippen LogP contribution in [-0.2, 0) is 0 Å². The topological polar surface area (TPSA) is 58.0 Å². The molecule has 0 aliphatic heterocycles. The van der Waals surface area contributed by atoms with Gasteiger partial charge in [-0.25, -0.2) is 0 Å². The van der Waals surface area contributed by atoms with Gasteiger partial charge in [0.1, 0.15) is 5.75 Å². The van der Waals surface area contributed by atoms with Gasteiger partial charge in [0, 0.05) is 10.5 Å². The standard InChI is InChI=1S/C10H11N3O/c1-2-9-5-3-4-6-10(9)14-8-7-12-13-11/h2-6H,1,7-8H2. The highest BCUT2D eigenvalue weighted by Gasteiger charge is 1.97. The highest BCUT2D eigenvalue weighted by atomic mass is 16.5. The third-order valence-corrected chi connectivity index (χ3v) is 1.65. The maximum Gasteiger partial charge on any atom is 0.126 e. The summed E-state index contributed by atoms with van der Waals surface area (Å²) in [5.41, 5.74) is 8.99. The van der Waals surface area contributed by atoms with Gasteiger partial charge in [0.05, 0.1) is 13.2 Å². The van der Waals surface area contributed by atoms with Crippen LogP contribution in [0.2, 0.25) is 0 Å². The molecular formula is C10H11N3O. The lowest BCUT2D eigenvalue weighted by Gasteiger charge is -2.06. The molecule has 0 aromatic heterocycles. The van der Waals surface area contributed by atoms with Crippen LogP contribution in [0, 0.1) is 0 Å². The predicted molar refractivity (Wildman–Crippen MR) is 56.0 cm³/mol. The first-order chi connectivity index (χ1) is 6.88. The molecule has 0 radical (unpaired) electrons. The molecule has 14 heavy (non-hydrogen) atoms. The van der Waals surface area contributed by atoms with Crippen LogP contribution in [0.15, 0.2) is 36.0 Å². The van der Waals surface area contributed by atoms with Crippen LogP contribution < -0.4 is 4.74 Å². The fourth-order valence-electron chi connectivity index (χ4n) is 1.02. The molecule has 0 saturated carbocycles. The third kappa shape index (κ3) is 2.84. The van der Waals surface area contributed by atoms with Crippen LogP contribution >= 0.6 is 0 Å². The minimum absolute atomic E-state index is 0.335. The number of nitrogens with zero attached hydrogens (tertiary/aromatic N) is 3. The first-order valence-corrected chi connectivity index (χ1v) is 4.23. The van der Waals surface area contributed by atoms with E-state index in [0.717, 1.165) is 11.3 Å². The summed E-state index contributed by atoms with van der Waals surface area (Å²) < 4.78 is 5.39. The Labute approximate surface area is 82.4 Å². The van der Waals surface area contributed by atoms with Crippen molar-refractivity contribution in [1.29, 1.82) is 0 Å². The molecule has 0 aliphatic carbocycles. The van der Waals surface area contributed by atoms with Gasteiger partial charge >= 0.3 is 0 Å². The van der Waals surface area contributed by atoms with Crippen LogP contribution in [-0.4, -0.2) is 13.2 Å². The summed E-state index contributed by atoms with van der Waals surface area (Å²) in [6.45, 7) is 4.39. The van der Waals surface area contributed by atoms with Crippen LogP contribution in [0.4, 0.5) is 0 Å². The van der Waals surface area contributed by atoms with Gasteiger partial charge in [0.15, 0.2) is 0 Å². The molecule has 4 heteroatoms. The fourth-order valence-corrected chi connectivity index (χ4v) is 1.02. The summed E-state index contributed by atoms with van der Waals surface area (Å²) in [5.74, 6) is 0.760. The van der Waals surface area contributed by atoms with Crippen molar-refractivity contribution >= 4 is 6.08 Å². The summed E-state index contributed by atoms with van der Waals surface area (Å²) in [5, 5.41) is 3.37. The fraction of sp³-hybridized carbons (Fsp3) is 0.200. The summed E-state index contributed by atoms with van der Waals surface area (Å²) >= 11 is 0. The van der Waals surface area contributed by atoms with Gasteiger partial charge < -0.3 is 4.74 Å². The number of hydrogen-bond acceptors (Lipinski definition) is 2. The van der Waals surface area contributed by atoms with E-state index in [1.54, 1.807) is 6.08 Å². The molecule has 0 heterocycles. The number of rotatable bonds is 5. The third-order valence-electron chi connectivity index (χ3n) is 1.65. The van der Waals surface area contributed by atoms with Crippen molar-refractivity contribution in [1.82, 2.24) is 0 Å². The highest BCUT2D eigenvalue weighted by molar-refractivity contribution is 5.55. The van der Waals surface area contributed by atoms with Crippen molar-refractivity contribution < 1.29 is 4.74 Å². The average Bonchev–Trinajstić information content (AvgIpc) is 2.25. The monoisotopic (exact) mass is 189 g/mol. The van der Waals surface area contributed by atoms with E-state index in [9.17, 15) is 0 Å². The molecule has 1 rings (SSSR count). The van der Waals surface area contributed by atoms with Gasteiger partial charge in [-0.2, -0.15) is 0 Å². The van der Waals surface area contributed by atoms with E-state index in [-0.39, 0.29) is 0 Å². The van der Waals surface area contributed by atoms with E-state index in [2.05, 4.69) is 16.6 Å². The van der Waals surface area contributed by atoms with Gasteiger partial charge in [-0.15, -0.1) is 0 Å². The van der Waals surface area contributed by atoms with Crippen molar-refractivity contribution in [3.05, 3.63) is 46.9 Å². The SMILES string of the molecule is C=Cc1ccccc1OCCN=[N+]=[N-]. The molecule has 4 nitrogen and oxygen atoms in total. The maximum absolute atomic E-state index is 8.05. The Morgan fingerprint density at radius 2 is 2.29 bits per heavy atom. The smallest absolute Gasteiger partial charge is 0.126 e. The summed E-state index contributed by atoms with van der Waals surface area (Å²) in [6.07, 6.45) is 1.73. The van der Waals surface area contributed by atoms with E-state index >= 15 is 0 Å². The molecule has 0 saturated heterocycles. The van der Waals surface area contributed by atoms with Crippen LogP contribution in [0.5, 0.6) is 5.75 Å². The molecule has 1 aromatic rings. The maximum atomic E-state index is 8.05. The Bertz CT molecular complexity index is 356. The van der Waals surface area contributed by atoms with E-state index in [4.69, 9.17) is 10.3 Å².